The second-order valence-electron chi connectivity index (χ2n) is 4.18. The van der Waals surface area contributed by atoms with E-state index in [4.69, 9.17) is 9.47 Å². The quantitative estimate of drug-likeness (QED) is 0.615. The Morgan fingerprint density at radius 1 is 1.28 bits per heavy atom. The number of unbranched alkanes of at least 4 members (excludes halogenated alkanes) is 1. The van der Waals surface area contributed by atoms with Crippen molar-refractivity contribution in [2.24, 2.45) is 0 Å². The third kappa shape index (κ3) is 6.02. The molecule has 0 bridgehead atoms. The van der Waals surface area contributed by atoms with Gasteiger partial charge in [-0.25, -0.2) is 4.98 Å². The third-order valence-corrected chi connectivity index (χ3v) is 2.63. The maximum absolute atomic E-state index is 5.49. The average molecular weight is 255 g/mol. The lowest BCUT2D eigenvalue weighted by atomic mass is 10.4. The molecule has 0 fully saturated rings. The summed E-state index contributed by atoms with van der Waals surface area (Å²) < 4.78 is 12.6. The Bertz CT molecular complexity index is 302. The van der Waals surface area contributed by atoms with Crippen molar-refractivity contribution in [1.82, 2.24) is 9.55 Å². The van der Waals surface area contributed by atoms with E-state index >= 15 is 0 Å². The Labute approximate surface area is 109 Å². The van der Waals surface area contributed by atoms with Crippen molar-refractivity contribution < 1.29 is 9.47 Å². The minimum absolute atomic E-state index is 0.727. The molecule has 0 saturated carbocycles. The van der Waals surface area contributed by atoms with Gasteiger partial charge in [-0.2, -0.15) is 0 Å². The molecule has 0 aliphatic rings. The lowest BCUT2D eigenvalue weighted by molar-refractivity contribution is 0.141. The Balaban J connectivity index is 2.15. The number of aryl methyl sites for hydroxylation is 1. The molecule has 1 rings (SSSR count). The van der Waals surface area contributed by atoms with E-state index in [1.807, 2.05) is 12.4 Å². The lowest BCUT2D eigenvalue weighted by Gasteiger charge is -2.09. The summed E-state index contributed by atoms with van der Waals surface area (Å²) in [6.07, 6.45) is 7.10. The zero-order valence-electron chi connectivity index (χ0n) is 11.5. The second kappa shape index (κ2) is 9.91. The minimum Gasteiger partial charge on any atom is -0.385 e. The molecule has 0 aromatic carbocycles. The van der Waals surface area contributed by atoms with Crippen molar-refractivity contribution in [3.63, 3.8) is 0 Å². The molecule has 5 heteroatoms. The fourth-order valence-electron chi connectivity index (χ4n) is 1.62. The van der Waals surface area contributed by atoms with Gasteiger partial charge >= 0.3 is 0 Å². The maximum Gasteiger partial charge on any atom is 0.202 e. The van der Waals surface area contributed by atoms with Crippen molar-refractivity contribution in [2.45, 2.75) is 32.7 Å². The Kier molecular flexibility index (Phi) is 8.25. The number of hydrogen-bond donors (Lipinski definition) is 1. The highest BCUT2D eigenvalue weighted by Crippen LogP contribution is 2.04. The highest BCUT2D eigenvalue weighted by atomic mass is 16.5. The largest absolute Gasteiger partial charge is 0.385 e. The van der Waals surface area contributed by atoms with Gasteiger partial charge in [0.1, 0.15) is 0 Å². The number of hydrogen-bond acceptors (Lipinski definition) is 4. The molecule has 104 valence electrons. The smallest absolute Gasteiger partial charge is 0.202 e. The van der Waals surface area contributed by atoms with Gasteiger partial charge in [-0.05, 0) is 12.8 Å². The van der Waals surface area contributed by atoms with E-state index in [2.05, 4.69) is 21.8 Å². The van der Waals surface area contributed by atoms with Crippen LogP contribution in [0.4, 0.5) is 5.95 Å². The van der Waals surface area contributed by atoms with Crippen LogP contribution in [0.2, 0.25) is 0 Å². The van der Waals surface area contributed by atoms with Gasteiger partial charge in [-0.1, -0.05) is 13.3 Å². The summed E-state index contributed by atoms with van der Waals surface area (Å²) in [4.78, 5) is 4.28. The van der Waals surface area contributed by atoms with E-state index in [9.17, 15) is 0 Å². The van der Waals surface area contributed by atoms with Crippen LogP contribution in [0.3, 0.4) is 0 Å². The van der Waals surface area contributed by atoms with Gasteiger partial charge in [0.15, 0.2) is 0 Å². The summed E-state index contributed by atoms with van der Waals surface area (Å²) in [5, 5.41) is 3.28. The number of ether oxygens (including phenoxy) is 2. The van der Waals surface area contributed by atoms with Crippen molar-refractivity contribution in [2.75, 3.05) is 38.8 Å². The summed E-state index contributed by atoms with van der Waals surface area (Å²) in [6, 6.07) is 0. The van der Waals surface area contributed by atoms with Crippen LogP contribution in [-0.4, -0.2) is 43.0 Å². The molecule has 0 spiro atoms. The van der Waals surface area contributed by atoms with E-state index in [0.29, 0.717) is 0 Å². The maximum atomic E-state index is 5.49. The molecule has 0 radical (unpaired) electrons. The van der Waals surface area contributed by atoms with Crippen molar-refractivity contribution in [1.29, 1.82) is 0 Å². The topological polar surface area (TPSA) is 48.3 Å². The fourth-order valence-corrected chi connectivity index (χ4v) is 1.62. The zero-order chi connectivity index (χ0) is 13.1. The average Bonchev–Trinajstić information content (AvgIpc) is 2.82. The van der Waals surface area contributed by atoms with Crippen LogP contribution in [0.1, 0.15) is 26.2 Å². The highest BCUT2D eigenvalue weighted by molar-refractivity contribution is 5.25. The molecular weight excluding hydrogens is 230 g/mol. The molecule has 0 aliphatic carbocycles. The van der Waals surface area contributed by atoms with Crippen molar-refractivity contribution in [3.05, 3.63) is 12.4 Å². The van der Waals surface area contributed by atoms with Gasteiger partial charge in [-0.3, -0.25) is 0 Å². The molecule has 1 N–H and O–H groups in total. The van der Waals surface area contributed by atoms with E-state index < -0.39 is 0 Å². The van der Waals surface area contributed by atoms with Gasteiger partial charge in [0.2, 0.25) is 5.95 Å². The molecule has 0 aliphatic heterocycles. The number of rotatable bonds is 11. The number of methoxy groups -OCH3 is 1. The van der Waals surface area contributed by atoms with Crippen LogP contribution < -0.4 is 5.32 Å². The van der Waals surface area contributed by atoms with Gasteiger partial charge in [0.25, 0.3) is 0 Å². The third-order valence-electron chi connectivity index (χ3n) is 2.63. The summed E-state index contributed by atoms with van der Waals surface area (Å²) in [5.74, 6) is 0.908. The molecule has 5 nitrogen and oxygen atoms in total. The molecule has 1 aromatic heterocycles. The predicted octanol–water partition coefficient (Wildman–Crippen LogP) is 2.15. The molecule has 0 saturated heterocycles. The normalized spacial score (nSPS) is 10.8. The summed E-state index contributed by atoms with van der Waals surface area (Å²) in [5.41, 5.74) is 0. The molecule has 0 unspecified atom stereocenters. The number of nitrogens with one attached hydrogen (secondary N) is 1. The highest BCUT2D eigenvalue weighted by Gasteiger charge is 2.01. The molecule has 18 heavy (non-hydrogen) atoms. The first kappa shape index (κ1) is 15.0. The van der Waals surface area contributed by atoms with E-state index in [1.54, 1.807) is 7.11 Å². The van der Waals surface area contributed by atoms with Crippen LogP contribution in [0.5, 0.6) is 0 Å². The monoisotopic (exact) mass is 255 g/mol. The summed E-state index contributed by atoms with van der Waals surface area (Å²) in [7, 11) is 1.72. The van der Waals surface area contributed by atoms with E-state index in [0.717, 1.165) is 51.7 Å². The first-order valence-electron chi connectivity index (χ1n) is 6.70. The first-order valence-corrected chi connectivity index (χ1v) is 6.70. The van der Waals surface area contributed by atoms with Crippen LogP contribution in [0, 0.1) is 0 Å². The lowest BCUT2D eigenvalue weighted by Crippen LogP contribution is -2.14. The van der Waals surface area contributed by atoms with Crippen LogP contribution in [0.15, 0.2) is 12.4 Å². The van der Waals surface area contributed by atoms with E-state index in [1.165, 1.54) is 6.42 Å². The molecule has 0 amide bonds. The SMILES string of the molecule is CCCCOCCNc1nccn1CCCOC. The first-order chi connectivity index (χ1) is 8.88. The van der Waals surface area contributed by atoms with Crippen LogP contribution >= 0.6 is 0 Å². The van der Waals surface area contributed by atoms with Crippen molar-refractivity contribution in [3.8, 4) is 0 Å². The molecule has 0 atom stereocenters. The Morgan fingerprint density at radius 2 is 2.17 bits per heavy atom. The number of anilines is 1. The molecular formula is C13H25N3O2. The van der Waals surface area contributed by atoms with Gasteiger partial charge in [0.05, 0.1) is 6.61 Å². The predicted molar refractivity (Wildman–Crippen MR) is 72.9 cm³/mol. The standard InChI is InChI=1S/C13H25N3O2/c1-3-4-11-18-12-7-15-13-14-6-9-16(13)8-5-10-17-2/h6,9H,3-5,7-8,10-12H2,1-2H3,(H,14,15). The fraction of sp³-hybridized carbons (Fsp3) is 0.769. The zero-order valence-corrected chi connectivity index (χ0v) is 11.5. The summed E-state index contributed by atoms with van der Waals surface area (Å²) in [6.45, 7) is 6.24. The van der Waals surface area contributed by atoms with Gasteiger partial charge in [0, 0.05) is 45.8 Å². The second-order valence-corrected chi connectivity index (χ2v) is 4.18. The number of imidazole rings is 1. The summed E-state index contributed by atoms with van der Waals surface area (Å²) >= 11 is 0. The van der Waals surface area contributed by atoms with Gasteiger partial charge in [-0.15, -0.1) is 0 Å². The van der Waals surface area contributed by atoms with Crippen molar-refractivity contribution >= 4 is 5.95 Å². The number of nitrogens with zero attached hydrogens (tertiary/aromatic N) is 2. The van der Waals surface area contributed by atoms with Crippen LogP contribution in [-0.2, 0) is 16.0 Å². The van der Waals surface area contributed by atoms with Gasteiger partial charge < -0.3 is 19.4 Å². The Hall–Kier alpha value is -1.07. The Morgan fingerprint density at radius 3 is 2.94 bits per heavy atom. The van der Waals surface area contributed by atoms with Crippen LogP contribution in [0.25, 0.3) is 0 Å². The molecule has 1 heterocycles. The molecule has 1 aromatic rings. The van der Waals surface area contributed by atoms with E-state index in [-0.39, 0.29) is 0 Å². The number of aromatic nitrogens is 2. The minimum atomic E-state index is 0.727.